The average molecular weight is 289 g/mol. The van der Waals surface area contributed by atoms with Crippen LogP contribution in [0.3, 0.4) is 0 Å². The Morgan fingerprint density at radius 3 is 2.86 bits per heavy atom. The first kappa shape index (κ1) is 14.3. The van der Waals surface area contributed by atoms with E-state index in [1.54, 1.807) is 17.0 Å². The highest BCUT2D eigenvalue weighted by atomic mass is 16.6. The van der Waals surface area contributed by atoms with E-state index in [1.165, 1.54) is 24.0 Å². The number of rotatable bonds is 5. The van der Waals surface area contributed by atoms with Gasteiger partial charge in [-0.3, -0.25) is 4.79 Å². The summed E-state index contributed by atoms with van der Waals surface area (Å²) in [7, 11) is 1.49. The summed E-state index contributed by atoms with van der Waals surface area (Å²) in [6, 6.07) is 5.47. The van der Waals surface area contributed by atoms with Crippen LogP contribution in [-0.4, -0.2) is 26.6 Å². The lowest BCUT2D eigenvalue weighted by Crippen LogP contribution is -2.40. The number of pyridine rings is 1. The molecule has 0 aliphatic rings. The molecule has 1 amide bonds. The first-order valence-electron chi connectivity index (χ1n) is 6.00. The Labute approximate surface area is 119 Å². The van der Waals surface area contributed by atoms with Crippen molar-refractivity contribution in [3.63, 3.8) is 0 Å². The molecule has 0 fully saturated rings. The summed E-state index contributed by atoms with van der Waals surface area (Å²) in [4.78, 5) is 25.3. The lowest BCUT2D eigenvalue weighted by atomic mass is 10.4. The lowest BCUT2D eigenvalue weighted by Gasteiger charge is -1.96. The van der Waals surface area contributed by atoms with Gasteiger partial charge < -0.3 is 10.1 Å². The molecule has 9 heteroatoms. The number of aromatic nitrogens is 3. The van der Waals surface area contributed by atoms with Crippen molar-refractivity contribution >= 4 is 18.1 Å². The molecular weight excluding hydrogens is 276 g/mol. The van der Waals surface area contributed by atoms with Crippen molar-refractivity contribution in [1.82, 2.24) is 15.0 Å². The molecule has 0 unspecified atom stereocenters. The zero-order chi connectivity index (χ0) is 15.2. The van der Waals surface area contributed by atoms with Gasteiger partial charge in [0.05, 0.1) is 13.3 Å². The van der Waals surface area contributed by atoms with Crippen molar-refractivity contribution in [2.45, 2.75) is 6.54 Å². The number of imidazole rings is 1. The number of carbonyl (C=O) groups excluding carboxylic acids is 1. The standard InChI is InChI=1S/C12H12N6O3/c1-16-10(7-13-12(16)18(20)21)8-14-15-11(19)9-17-5-3-2-4-6-17/h2-8H,9H2,1H3/p+1. The summed E-state index contributed by atoms with van der Waals surface area (Å²) in [5.41, 5.74) is 2.76. The summed E-state index contributed by atoms with van der Waals surface area (Å²) < 4.78 is 2.96. The summed E-state index contributed by atoms with van der Waals surface area (Å²) in [5, 5.41) is 14.4. The second kappa shape index (κ2) is 6.37. The number of hydrogen-bond donors (Lipinski definition) is 1. The van der Waals surface area contributed by atoms with Crippen molar-refractivity contribution in [2.24, 2.45) is 12.1 Å². The molecule has 0 spiro atoms. The maximum Gasteiger partial charge on any atom is 0.434 e. The van der Waals surface area contributed by atoms with Gasteiger partial charge >= 0.3 is 11.9 Å². The Kier molecular flexibility index (Phi) is 4.34. The predicted molar refractivity (Wildman–Crippen MR) is 72.2 cm³/mol. The van der Waals surface area contributed by atoms with Gasteiger partial charge in [0.25, 0.3) is 0 Å². The van der Waals surface area contributed by atoms with E-state index in [0.29, 0.717) is 5.69 Å². The molecule has 1 N–H and O–H groups in total. The number of nitro groups is 1. The Morgan fingerprint density at radius 1 is 1.52 bits per heavy atom. The van der Waals surface area contributed by atoms with Gasteiger partial charge in [0.1, 0.15) is 6.20 Å². The van der Waals surface area contributed by atoms with Crippen LogP contribution < -0.4 is 9.99 Å². The van der Waals surface area contributed by atoms with Gasteiger partial charge in [-0.25, -0.2) is 9.99 Å². The molecule has 0 bridgehead atoms. The van der Waals surface area contributed by atoms with Crippen molar-refractivity contribution in [1.29, 1.82) is 0 Å². The molecule has 0 radical (unpaired) electrons. The fraction of sp³-hybridized carbons (Fsp3) is 0.167. The zero-order valence-corrected chi connectivity index (χ0v) is 11.2. The van der Waals surface area contributed by atoms with Crippen LogP contribution in [0.1, 0.15) is 5.69 Å². The Balaban J connectivity index is 1.93. The summed E-state index contributed by atoms with van der Waals surface area (Å²) in [6.45, 7) is 0.129. The fourth-order valence-electron chi connectivity index (χ4n) is 1.61. The van der Waals surface area contributed by atoms with E-state index in [2.05, 4.69) is 15.5 Å². The van der Waals surface area contributed by atoms with Gasteiger partial charge in [-0.2, -0.15) is 9.67 Å². The molecule has 108 valence electrons. The minimum Gasteiger partial charge on any atom is -0.390 e. The van der Waals surface area contributed by atoms with Gasteiger partial charge in [-0.1, -0.05) is 11.1 Å². The van der Waals surface area contributed by atoms with Gasteiger partial charge in [-0.05, 0) is 4.92 Å². The van der Waals surface area contributed by atoms with Crippen molar-refractivity contribution in [3.05, 3.63) is 52.6 Å². The molecule has 0 aliphatic carbocycles. The van der Waals surface area contributed by atoms with Crippen LogP contribution in [-0.2, 0) is 18.4 Å². The van der Waals surface area contributed by atoms with Crippen molar-refractivity contribution in [2.75, 3.05) is 0 Å². The van der Waals surface area contributed by atoms with E-state index in [4.69, 9.17) is 0 Å². The molecule has 2 aromatic heterocycles. The minimum absolute atomic E-state index is 0.129. The first-order valence-corrected chi connectivity index (χ1v) is 6.00. The van der Waals surface area contributed by atoms with Crippen molar-refractivity contribution in [3.8, 4) is 0 Å². The normalized spacial score (nSPS) is 10.7. The molecule has 0 saturated carbocycles. The minimum atomic E-state index is -0.595. The van der Waals surface area contributed by atoms with E-state index in [-0.39, 0.29) is 18.4 Å². The average Bonchev–Trinajstić information content (AvgIpc) is 2.81. The highest BCUT2D eigenvalue weighted by molar-refractivity contribution is 5.80. The van der Waals surface area contributed by atoms with Crippen LogP contribution in [0, 0.1) is 10.1 Å². The number of carbonyl (C=O) groups is 1. The molecule has 0 aliphatic heterocycles. The molecule has 2 aromatic rings. The summed E-state index contributed by atoms with van der Waals surface area (Å²) in [5.74, 6) is -0.596. The van der Waals surface area contributed by atoms with Crippen LogP contribution in [0.25, 0.3) is 0 Å². The van der Waals surface area contributed by atoms with E-state index < -0.39 is 4.92 Å². The highest BCUT2D eigenvalue weighted by Crippen LogP contribution is 2.08. The maximum atomic E-state index is 11.6. The smallest absolute Gasteiger partial charge is 0.390 e. The van der Waals surface area contributed by atoms with E-state index in [1.807, 2.05) is 18.2 Å². The Morgan fingerprint density at radius 2 is 2.24 bits per heavy atom. The van der Waals surface area contributed by atoms with Gasteiger partial charge in [0.2, 0.25) is 6.54 Å². The fourth-order valence-corrected chi connectivity index (χ4v) is 1.61. The van der Waals surface area contributed by atoms with Crippen LogP contribution in [0.15, 0.2) is 41.9 Å². The Bertz CT molecular complexity index is 680. The number of nitrogens with zero attached hydrogens (tertiary/aromatic N) is 5. The number of amides is 1. The molecule has 0 saturated heterocycles. The third-order valence-corrected chi connectivity index (χ3v) is 2.65. The molecule has 21 heavy (non-hydrogen) atoms. The summed E-state index contributed by atoms with van der Waals surface area (Å²) >= 11 is 0. The highest BCUT2D eigenvalue weighted by Gasteiger charge is 2.15. The first-order chi connectivity index (χ1) is 10.1. The van der Waals surface area contributed by atoms with Crippen LogP contribution in [0.4, 0.5) is 5.95 Å². The summed E-state index contributed by atoms with van der Waals surface area (Å²) in [6.07, 6.45) is 6.12. The predicted octanol–water partition coefficient (Wildman–Crippen LogP) is -0.234. The molecule has 0 aromatic carbocycles. The molecular formula is C12H13N6O3+. The van der Waals surface area contributed by atoms with E-state index in [9.17, 15) is 14.9 Å². The molecule has 0 atom stereocenters. The SMILES string of the molecule is Cn1c(C=NNC(=O)C[n+]2ccccc2)cnc1[N+](=O)[O-]. The van der Waals surface area contributed by atoms with Gasteiger partial charge in [-0.15, -0.1) is 0 Å². The second-order valence-corrected chi connectivity index (χ2v) is 4.14. The van der Waals surface area contributed by atoms with E-state index >= 15 is 0 Å². The topological polar surface area (TPSA) is 106 Å². The van der Waals surface area contributed by atoms with Crippen LogP contribution >= 0.6 is 0 Å². The lowest BCUT2D eigenvalue weighted by molar-refractivity contribution is -0.684. The molecule has 2 heterocycles. The third-order valence-electron chi connectivity index (χ3n) is 2.65. The van der Waals surface area contributed by atoms with E-state index in [0.717, 1.165) is 0 Å². The second-order valence-electron chi connectivity index (χ2n) is 4.14. The van der Waals surface area contributed by atoms with Crippen LogP contribution in [0.2, 0.25) is 0 Å². The maximum absolute atomic E-state index is 11.6. The monoisotopic (exact) mass is 289 g/mol. The number of nitrogens with one attached hydrogen (secondary N) is 1. The van der Waals surface area contributed by atoms with Gasteiger partial charge in [0, 0.05) is 12.1 Å². The molecule has 9 nitrogen and oxygen atoms in total. The Hall–Kier alpha value is -3.10. The number of hydrogen-bond acceptors (Lipinski definition) is 5. The molecule has 2 rings (SSSR count). The third kappa shape index (κ3) is 3.69. The number of hydrazone groups is 1. The van der Waals surface area contributed by atoms with Crippen molar-refractivity contribution < 1.29 is 14.3 Å². The zero-order valence-electron chi connectivity index (χ0n) is 11.2. The van der Waals surface area contributed by atoms with Crippen LogP contribution in [0.5, 0.6) is 0 Å². The van der Waals surface area contributed by atoms with Gasteiger partial charge in [0.15, 0.2) is 18.1 Å². The largest absolute Gasteiger partial charge is 0.434 e. The quantitative estimate of drug-likeness (QED) is 0.355.